The van der Waals surface area contributed by atoms with Crippen LogP contribution in [0.5, 0.6) is 0 Å². The Morgan fingerprint density at radius 2 is 1.67 bits per heavy atom. The highest BCUT2D eigenvalue weighted by Gasteiger charge is 2.40. The monoisotopic (exact) mass is 351 g/mol. The topological polar surface area (TPSA) is 16.8 Å². The van der Waals surface area contributed by atoms with Gasteiger partial charge in [-0.25, -0.2) is 4.57 Å². The lowest BCUT2D eigenvalue weighted by Crippen LogP contribution is -2.32. The fourth-order valence-corrected chi connectivity index (χ4v) is 4.69. The first-order valence-electron chi connectivity index (χ1n) is 9.47. The number of aromatic nitrogens is 2. The molecule has 2 heterocycles. The Labute approximate surface area is 160 Å². The van der Waals surface area contributed by atoms with Gasteiger partial charge in [-0.1, -0.05) is 50.2 Å². The average Bonchev–Trinajstić information content (AvgIpc) is 2.89. The van der Waals surface area contributed by atoms with Gasteiger partial charge in [-0.15, -0.1) is 0 Å². The number of nitrogens with zero attached hydrogens (tertiary/aromatic N) is 2. The number of rotatable bonds is 1. The molecule has 0 unspecified atom stereocenters. The Morgan fingerprint density at radius 1 is 0.889 bits per heavy atom. The smallest absolute Gasteiger partial charge is 0.213 e. The van der Waals surface area contributed by atoms with Crippen molar-refractivity contribution in [1.29, 1.82) is 0 Å². The highest BCUT2D eigenvalue weighted by atomic mass is 14.9. The van der Waals surface area contributed by atoms with Gasteiger partial charge in [-0.3, -0.25) is 4.98 Å². The van der Waals surface area contributed by atoms with Crippen LogP contribution in [0.2, 0.25) is 0 Å². The van der Waals surface area contributed by atoms with Gasteiger partial charge in [-0.05, 0) is 41.1 Å². The molecule has 0 bridgehead atoms. The van der Waals surface area contributed by atoms with E-state index in [1.54, 1.807) is 0 Å². The Balaban J connectivity index is 1.88. The first kappa shape index (κ1) is 16.2. The van der Waals surface area contributed by atoms with Gasteiger partial charge in [0.1, 0.15) is 7.05 Å². The number of fused-ring (bicyclic) bond motifs is 4. The van der Waals surface area contributed by atoms with Crippen LogP contribution in [0, 0.1) is 6.92 Å². The molecule has 0 N–H and O–H groups in total. The van der Waals surface area contributed by atoms with Crippen molar-refractivity contribution in [2.75, 3.05) is 0 Å². The molecule has 0 saturated heterocycles. The van der Waals surface area contributed by atoms with E-state index < -0.39 is 0 Å². The molecule has 2 nitrogen and oxygen atoms in total. The summed E-state index contributed by atoms with van der Waals surface area (Å²) in [6, 6.07) is 19.7. The minimum Gasteiger partial charge on any atom is -0.260 e. The number of hydrogen-bond acceptors (Lipinski definition) is 1. The van der Waals surface area contributed by atoms with E-state index >= 15 is 0 Å². The lowest BCUT2D eigenvalue weighted by Gasteiger charge is -2.23. The number of benzene rings is 2. The fourth-order valence-electron chi connectivity index (χ4n) is 4.69. The van der Waals surface area contributed by atoms with Gasteiger partial charge >= 0.3 is 0 Å². The molecule has 2 heteroatoms. The van der Waals surface area contributed by atoms with E-state index in [-0.39, 0.29) is 5.41 Å². The molecule has 4 aromatic rings. The van der Waals surface area contributed by atoms with Crippen molar-refractivity contribution in [1.82, 2.24) is 4.98 Å². The molecule has 1 aliphatic carbocycles. The molecule has 0 aliphatic heterocycles. The van der Waals surface area contributed by atoms with Gasteiger partial charge in [0, 0.05) is 28.6 Å². The molecule has 1 aliphatic rings. The van der Waals surface area contributed by atoms with Crippen molar-refractivity contribution in [3.8, 4) is 22.4 Å². The summed E-state index contributed by atoms with van der Waals surface area (Å²) in [6.45, 7) is 6.82. The lowest BCUT2D eigenvalue weighted by molar-refractivity contribution is -0.659. The van der Waals surface area contributed by atoms with Crippen LogP contribution in [0.4, 0.5) is 0 Å². The van der Waals surface area contributed by atoms with Crippen LogP contribution >= 0.6 is 0 Å². The lowest BCUT2D eigenvalue weighted by atomic mass is 9.80. The second-order valence-electron chi connectivity index (χ2n) is 8.10. The van der Waals surface area contributed by atoms with E-state index in [9.17, 15) is 0 Å². The van der Waals surface area contributed by atoms with Gasteiger partial charge in [0.05, 0.1) is 11.3 Å². The highest BCUT2D eigenvalue weighted by molar-refractivity contribution is 5.90. The molecule has 0 amide bonds. The standard InChI is InChI=1S/C25H23N2/c1-16-11-12-19-20-10-7-13-26-24(20)25(2,3)23(19)22(16)21-14-17-8-5-6-9-18(17)15-27(21)4/h5-15H,1-4H3/q+1. The molecule has 0 fully saturated rings. The Hall–Kier alpha value is -3.00. The summed E-state index contributed by atoms with van der Waals surface area (Å²) >= 11 is 0. The zero-order valence-electron chi connectivity index (χ0n) is 16.2. The quantitative estimate of drug-likeness (QED) is 0.423. The zero-order chi connectivity index (χ0) is 18.8. The molecule has 0 atom stereocenters. The van der Waals surface area contributed by atoms with Gasteiger partial charge < -0.3 is 0 Å². The zero-order valence-corrected chi connectivity index (χ0v) is 16.2. The molecule has 0 saturated carbocycles. The van der Waals surface area contributed by atoms with Crippen molar-refractivity contribution in [2.24, 2.45) is 7.05 Å². The summed E-state index contributed by atoms with van der Waals surface area (Å²) in [6.07, 6.45) is 4.14. The van der Waals surface area contributed by atoms with Crippen LogP contribution in [0.1, 0.15) is 30.7 Å². The number of pyridine rings is 2. The van der Waals surface area contributed by atoms with Crippen LogP contribution in [-0.2, 0) is 12.5 Å². The van der Waals surface area contributed by atoms with Crippen molar-refractivity contribution in [2.45, 2.75) is 26.2 Å². The molecule has 0 radical (unpaired) electrons. The summed E-state index contributed by atoms with van der Waals surface area (Å²) in [7, 11) is 2.15. The summed E-state index contributed by atoms with van der Waals surface area (Å²) < 4.78 is 2.26. The first-order valence-corrected chi connectivity index (χ1v) is 9.47. The van der Waals surface area contributed by atoms with E-state index in [1.165, 1.54) is 50.0 Å². The van der Waals surface area contributed by atoms with Crippen molar-refractivity contribution >= 4 is 10.8 Å². The van der Waals surface area contributed by atoms with E-state index in [1.807, 2.05) is 12.3 Å². The molecule has 2 aromatic carbocycles. The second-order valence-corrected chi connectivity index (χ2v) is 8.10. The van der Waals surface area contributed by atoms with Gasteiger partial charge in [0.15, 0.2) is 6.20 Å². The summed E-state index contributed by atoms with van der Waals surface area (Å²) in [5.74, 6) is 0. The molecule has 27 heavy (non-hydrogen) atoms. The average molecular weight is 351 g/mol. The second kappa shape index (κ2) is 5.50. The maximum Gasteiger partial charge on any atom is 0.213 e. The Bertz CT molecular complexity index is 1220. The largest absolute Gasteiger partial charge is 0.260 e. The number of aryl methyl sites for hydroxylation is 2. The van der Waals surface area contributed by atoms with Crippen LogP contribution in [0.25, 0.3) is 33.2 Å². The van der Waals surface area contributed by atoms with Gasteiger partial charge in [0.25, 0.3) is 0 Å². The maximum atomic E-state index is 4.76. The van der Waals surface area contributed by atoms with Crippen molar-refractivity contribution in [3.63, 3.8) is 0 Å². The van der Waals surface area contributed by atoms with Crippen LogP contribution in [0.15, 0.2) is 67.0 Å². The molecule has 2 aromatic heterocycles. The van der Waals surface area contributed by atoms with E-state index in [2.05, 4.69) is 87.1 Å². The Kier molecular flexibility index (Phi) is 3.30. The number of hydrogen-bond donors (Lipinski definition) is 0. The van der Waals surface area contributed by atoms with Gasteiger partial charge in [-0.2, -0.15) is 0 Å². The Morgan fingerprint density at radius 3 is 2.48 bits per heavy atom. The molecule has 0 spiro atoms. The van der Waals surface area contributed by atoms with E-state index in [0.29, 0.717) is 0 Å². The normalized spacial score (nSPS) is 14.2. The highest BCUT2D eigenvalue weighted by Crippen LogP contribution is 2.51. The van der Waals surface area contributed by atoms with Crippen molar-refractivity contribution in [3.05, 3.63) is 83.8 Å². The molecule has 5 rings (SSSR count). The third kappa shape index (κ3) is 2.19. The van der Waals surface area contributed by atoms with Crippen LogP contribution in [0.3, 0.4) is 0 Å². The van der Waals surface area contributed by atoms with E-state index in [0.717, 1.165) is 0 Å². The maximum absolute atomic E-state index is 4.76. The third-order valence-electron chi connectivity index (χ3n) is 5.99. The molecule has 132 valence electrons. The predicted molar refractivity (Wildman–Crippen MR) is 111 cm³/mol. The predicted octanol–water partition coefficient (Wildman–Crippen LogP) is 5.34. The minimum atomic E-state index is -0.119. The minimum absolute atomic E-state index is 0.119. The van der Waals surface area contributed by atoms with Crippen LogP contribution in [-0.4, -0.2) is 4.98 Å². The molecular formula is C25H23N2+. The molecular weight excluding hydrogens is 328 g/mol. The fraction of sp³-hybridized carbons (Fsp3) is 0.200. The van der Waals surface area contributed by atoms with Gasteiger partial charge in [0.2, 0.25) is 5.69 Å². The SMILES string of the molecule is Cc1ccc2c(c1-c1cc3ccccc3c[n+]1C)C(C)(C)c1ncccc1-2. The summed E-state index contributed by atoms with van der Waals surface area (Å²) in [4.78, 5) is 4.76. The van der Waals surface area contributed by atoms with Crippen LogP contribution < -0.4 is 4.57 Å². The van der Waals surface area contributed by atoms with E-state index in [4.69, 9.17) is 4.98 Å². The third-order valence-corrected chi connectivity index (χ3v) is 5.99. The summed E-state index contributed by atoms with van der Waals surface area (Å²) in [5, 5.41) is 2.53. The summed E-state index contributed by atoms with van der Waals surface area (Å²) in [5.41, 5.74) is 8.93. The first-order chi connectivity index (χ1) is 13.0. The van der Waals surface area contributed by atoms with Crippen molar-refractivity contribution < 1.29 is 4.57 Å².